The van der Waals surface area contributed by atoms with Gasteiger partial charge in [0.15, 0.2) is 12.3 Å². The third kappa shape index (κ3) is 10.5. The number of fused-ring (bicyclic) bond motifs is 4. The zero-order valence-electron chi connectivity index (χ0n) is 39.8. The van der Waals surface area contributed by atoms with Crippen molar-refractivity contribution in [3.05, 3.63) is 113 Å². The van der Waals surface area contributed by atoms with Gasteiger partial charge in [-0.2, -0.15) is 5.06 Å². The molecule has 0 spiro atoms. The second kappa shape index (κ2) is 21.5. The third-order valence-electron chi connectivity index (χ3n) is 13.5. The average Bonchev–Trinajstić information content (AvgIpc) is 3.93. The summed E-state index contributed by atoms with van der Waals surface area (Å²) < 4.78 is 36.7. The standard InChI is InChI=1S/C51H63N3O17/c1-28(57)37(45(62)52-33(26-55)21-22-36(58)68-49(2,3)4)53-48(64)50-24-34-41-42(70-51(69-41,31-17-7-5-8-18-31)32-19-9-6-10-20-32)44(50)71-54(43(50)46(63)66-34)25-30-15-12-11-14-29(30)16-13-23-65-47-40(61)39(60)38(59)35(27-56)67-47/h5-20,28,33-35,37-44,47,55-57,59-61H,21-27H2,1-4H3,(H,52,62)(H,53,64)/t28-,33-,34+,35+,37+,38-,39-,40+,41-,42-,43-,44+,47-,50-/m0/s1. The molecule has 0 aromatic heterocycles. The number of rotatable bonds is 18. The molecule has 8 rings (SSSR count). The van der Waals surface area contributed by atoms with E-state index >= 15 is 4.79 Å². The van der Waals surface area contributed by atoms with Crippen LogP contribution in [0.3, 0.4) is 0 Å². The Kier molecular flexibility index (Phi) is 15.8. The summed E-state index contributed by atoms with van der Waals surface area (Å²) in [5, 5.41) is 68.5. The van der Waals surface area contributed by atoms with Gasteiger partial charge in [-0.05, 0) is 45.2 Å². The Hall–Kier alpha value is -5.20. The third-order valence-corrected chi connectivity index (χ3v) is 13.5. The lowest BCUT2D eigenvalue weighted by atomic mass is 9.62. The quantitative estimate of drug-likeness (QED) is 0.0804. The first-order valence-corrected chi connectivity index (χ1v) is 23.8. The molecular weight excluding hydrogens is 927 g/mol. The maximum atomic E-state index is 15.4. The maximum Gasteiger partial charge on any atom is 0.327 e. The summed E-state index contributed by atoms with van der Waals surface area (Å²) in [4.78, 5) is 63.4. The Morgan fingerprint density at radius 2 is 1.54 bits per heavy atom. The van der Waals surface area contributed by atoms with Crippen molar-refractivity contribution in [2.45, 2.75) is 144 Å². The predicted octanol–water partition coefficient (Wildman–Crippen LogP) is 0.466. The number of carbonyl (C=O) groups excluding carboxylic acids is 4. The minimum Gasteiger partial charge on any atom is -0.460 e. The van der Waals surface area contributed by atoms with E-state index in [0.717, 1.165) is 0 Å². The molecule has 20 nitrogen and oxygen atoms in total. The fourth-order valence-electron chi connectivity index (χ4n) is 10.1. The van der Waals surface area contributed by atoms with Gasteiger partial charge in [-0.15, -0.1) is 0 Å². The van der Waals surface area contributed by atoms with Crippen LogP contribution < -0.4 is 10.6 Å². The average molecular weight is 990 g/mol. The molecule has 0 unspecified atom stereocenters. The number of hydrogen-bond acceptors (Lipinski definition) is 18. The first kappa shape index (κ1) is 52.1. The van der Waals surface area contributed by atoms with Crippen molar-refractivity contribution in [2.75, 3.05) is 19.8 Å². The van der Waals surface area contributed by atoms with Crippen LogP contribution in [0.4, 0.5) is 0 Å². The number of nitrogens with zero attached hydrogens (tertiary/aromatic N) is 1. The first-order valence-electron chi connectivity index (χ1n) is 23.8. The highest BCUT2D eigenvalue weighted by Gasteiger charge is 2.77. The Morgan fingerprint density at radius 3 is 2.17 bits per heavy atom. The Morgan fingerprint density at radius 1 is 0.887 bits per heavy atom. The molecular formula is C51H63N3O17. The molecule has 4 saturated heterocycles. The Labute approximate surface area is 410 Å². The lowest BCUT2D eigenvalue weighted by Crippen LogP contribution is -2.71. The number of hydrogen-bond donors (Lipinski definition) is 8. The van der Waals surface area contributed by atoms with E-state index in [-0.39, 0.29) is 32.4 Å². The number of ether oxygens (including phenoxy) is 6. The molecule has 5 aliphatic rings. The van der Waals surface area contributed by atoms with E-state index in [0.29, 0.717) is 22.3 Å². The monoisotopic (exact) mass is 989 g/mol. The highest BCUT2D eigenvalue weighted by atomic mass is 16.8. The zero-order chi connectivity index (χ0) is 50.8. The van der Waals surface area contributed by atoms with Crippen molar-refractivity contribution in [3.8, 4) is 0 Å². The van der Waals surface area contributed by atoms with E-state index < -0.39 is 133 Å². The van der Waals surface area contributed by atoms with Gasteiger partial charge in [-0.1, -0.05) is 97.1 Å². The Bertz CT molecular complexity index is 2340. The van der Waals surface area contributed by atoms with Crippen LogP contribution in [0, 0.1) is 5.41 Å². The topological polar surface area (TPSA) is 282 Å². The van der Waals surface area contributed by atoms with Crippen LogP contribution in [0.25, 0.3) is 6.08 Å². The van der Waals surface area contributed by atoms with Crippen molar-refractivity contribution in [3.63, 3.8) is 0 Å². The number of carbonyl (C=O) groups is 4. The molecule has 20 heteroatoms. The number of benzene rings is 3. The molecule has 14 atom stereocenters. The minimum atomic E-state index is -1.82. The van der Waals surface area contributed by atoms with Gasteiger partial charge >= 0.3 is 11.9 Å². The van der Waals surface area contributed by atoms with E-state index in [2.05, 4.69) is 10.6 Å². The van der Waals surface area contributed by atoms with Gasteiger partial charge in [-0.25, -0.2) is 0 Å². The molecule has 1 aliphatic carbocycles. The number of aliphatic hydroxyl groups excluding tert-OH is 6. The molecule has 2 amide bonds. The maximum absolute atomic E-state index is 15.4. The fourth-order valence-corrected chi connectivity index (χ4v) is 10.1. The largest absolute Gasteiger partial charge is 0.460 e. The molecule has 3 aromatic rings. The van der Waals surface area contributed by atoms with E-state index in [1.54, 1.807) is 57.2 Å². The van der Waals surface area contributed by atoms with Gasteiger partial charge in [0, 0.05) is 24.0 Å². The van der Waals surface area contributed by atoms with Gasteiger partial charge in [0.05, 0.1) is 38.5 Å². The summed E-state index contributed by atoms with van der Waals surface area (Å²) in [6.07, 6.45) is -10.1. The van der Waals surface area contributed by atoms with E-state index in [9.17, 15) is 45.0 Å². The molecule has 8 N–H and O–H groups in total. The summed E-state index contributed by atoms with van der Waals surface area (Å²) in [5.41, 5.74) is -0.0792. The number of hydroxylamine groups is 2. The molecule has 3 aromatic carbocycles. The summed E-state index contributed by atoms with van der Waals surface area (Å²) in [5.74, 6) is -4.57. The lowest BCUT2D eigenvalue weighted by molar-refractivity contribution is -0.298. The van der Waals surface area contributed by atoms with Gasteiger partial charge in [0.1, 0.15) is 65.9 Å². The van der Waals surface area contributed by atoms with Crippen LogP contribution in [0.2, 0.25) is 0 Å². The van der Waals surface area contributed by atoms with Crippen molar-refractivity contribution in [1.82, 2.24) is 15.7 Å². The molecule has 4 heterocycles. The first-order chi connectivity index (χ1) is 33.9. The summed E-state index contributed by atoms with van der Waals surface area (Å²) >= 11 is 0. The van der Waals surface area contributed by atoms with Crippen LogP contribution in [0.1, 0.15) is 69.2 Å². The molecule has 71 heavy (non-hydrogen) atoms. The van der Waals surface area contributed by atoms with Gasteiger partial charge in [0.2, 0.25) is 17.6 Å². The number of nitrogens with one attached hydrogen (secondary N) is 2. The smallest absolute Gasteiger partial charge is 0.327 e. The van der Waals surface area contributed by atoms with Gasteiger partial charge in [-0.3, -0.25) is 24.0 Å². The normalized spacial score (nSPS) is 31.3. The van der Waals surface area contributed by atoms with Crippen molar-refractivity contribution >= 4 is 29.8 Å². The molecule has 5 fully saturated rings. The van der Waals surface area contributed by atoms with Gasteiger partial charge in [0.25, 0.3) is 0 Å². The second-order valence-electron chi connectivity index (χ2n) is 19.6. The fraction of sp³-hybridized carbons (Fsp3) is 0.529. The number of aliphatic hydroxyl groups is 6. The number of amides is 2. The number of esters is 2. The lowest BCUT2D eigenvalue weighted by Gasteiger charge is -2.49. The Balaban J connectivity index is 1.10. The second-order valence-corrected chi connectivity index (χ2v) is 19.6. The van der Waals surface area contributed by atoms with E-state index in [4.69, 9.17) is 33.3 Å². The predicted molar refractivity (Wildman–Crippen MR) is 247 cm³/mol. The molecule has 4 aliphatic heterocycles. The van der Waals surface area contributed by atoms with Gasteiger partial charge < -0.3 is 69.7 Å². The van der Waals surface area contributed by atoms with Crippen LogP contribution in [0.5, 0.6) is 0 Å². The van der Waals surface area contributed by atoms with E-state index in [1.165, 1.54) is 12.0 Å². The SMILES string of the molecule is C[C@H](O)[C@@H](NC(=O)[C@@]12C[C@H]3OC(=O)[C@@H]1N(Cc1ccccc1C=CCO[C@H]1O[C@H](CO)[C@H](O)[C@H](O)[C@H]1O)O[C@@H]2[C@H]1OC(c2ccccc2)(c2ccccc2)O[C@H]13)C(=O)N[C@H](CO)CCC(=O)OC(C)(C)C. The summed E-state index contributed by atoms with van der Waals surface area (Å²) in [7, 11) is 0. The van der Waals surface area contributed by atoms with E-state index in [1.807, 2.05) is 60.7 Å². The van der Waals surface area contributed by atoms with Crippen LogP contribution in [-0.4, -0.2) is 164 Å². The van der Waals surface area contributed by atoms with Crippen LogP contribution >= 0.6 is 0 Å². The van der Waals surface area contributed by atoms with Crippen molar-refractivity contribution in [1.29, 1.82) is 0 Å². The highest BCUT2D eigenvalue weighted by molar-refractivity contribution is 5.96. The minimum absolute atomic E-state index is 0.00500. The molecule has 1 saturated carbocycles. The summed E-state index contributed by atoms with van der Waals surface area (Å²) in [6, 6.07) is 21.5. The molecule has 0 radical (unpaired) electrons. The molecule has 384 valence electrons. The highest BCUT2D eigenvalue weighted by Crippen LogP contribution is 2.59. The zero-order valence-corrected chi connectivity index (χ0v) is 39.8. The van der Waals surface area contributed by atoms with Crippen molar-refractivity contribution in [2.24, 2.45) is 5.41 Å². The summed E-state index contributed by atoms with van der Waals surface area (Å²) in [6.45, 7) is 5.04. The van der Waals surface area contributed by atoms with Crippen LogP contribution in [0.15, 0.2) is 91.0 Å². The molecule has 2 bridgehead atoms. The van der Waals surface area contributed by atoms with Crippen LogP contribution in [-0.2, 0) is 64.8 Å². The van der Waals surface area contributed by atoms with Crippen molar-refractivity contribution < 1.29 is 83.1 Å².